The second-order valence-corrected chi connectivity index (χ2v) is 2.67. The normalized spacial score (nSPS) is 13.0. The molecule has 3 heteroatoms. The number of aromatic nitrogens is 1. The van der Waals surface area contributed by atoms with Crippen LogP contribution in [0.15, 0.2) is 23.1 Å². The third kappa shape index (κ3) is 1.49. The van der Waals surface area contributed by atoms with Gasteiger partial charge in [0.25, 0.3) is 5.56 Å². The molecule has 0 aliphatic rings. The molecule has 0 unspecified atom stereocenters. The van der Waals surface area contributed by atoms with E-state index in [1.54, 1.807) is 26.2 Å². The molecule has 0 radical (unpaired) electrons. The molecular weight excluding hydrogens is 140 g/mol. The molecule has 60 valence electrons. The summed E-state index contributed by atoms with van der Waals surface area (Å²) in [5.74, 6) is 0. The van der Waals surface area contributed by atoms with Gasteiger partial charge in [-0.1, -0.05) is 6.07 Å². The quantitative estimate of drug-likeness (QED) is 0.633. The van der Waals surface area contributed by atoms with Crippen LogP contribution < -0.4 is 11.3 Å². The number of nitrogens with zero attached hydrogens (tertiary/aromatic N) is 1. The van der Waals surface area contributed by atoms with E-state index in [9.17, 15) is 4.79 Å². The first-order valence-electron chi connectivity index (χ1n) is 3.54. The molecular formula is C8H12N2O. The van der Waals surface area contributed by atoms with Gasteiger partial charge >= 0.3 is 0 Å². The molecule has 1 atom stereocenters. The summed E-state index contributed by atoms with van der Waals surface area (Å²) in [6.07, 6.45) is 1.72. The summed E-state index contributed by atoms with van der Waals surface area (Å²) < 4.78 is 1.53. The zero-order valence-electron chi connectivity index (χ0n) is 6.74. The summed E-state index contributed by atoms with van der Waals surface area (Å²) in [6.45, 7) is 1.80. The fraction of sp³-hybridized carbons (Fsp3) is 0.375. The van der Waals surface area contributed by atoms with E-state index in [0.29, 0.717) is 5.56 Å². The Labute approximate surface area is 65.5 Å². The molecule has 3 nitrogen and oxygen atoms in total. The summed E-state index contributed by atoms with van der Waals surface area (Å²) in [5, 5.41) is 0. The summed E-state index contributed by atoms with van der Waals surface area (Å²) in [7, 11) is 1.72. The van der Waals surface area contributed by atoms with E-state index in [4.69, 9.17) is 5.73 Å². The van der Waals surface area contributed by atoms with Gasteiger partial charge in [0, 0.05) is 24.8 Å². The zero-order chi connectivity index (χ0) is 8.43. The smallest absolute Gasteiger partial charge is 0.255 e. The first kappa shape index (κ1) is 8.01. The van der Waals surface area contributed by atoms with Crippen LogP contribution in [-0.4, -0.2) is 4.57 Å². The zero-order valence-corrected chi connectivity index (χ0v) is 6.74. The molecule has 0 saturated heterocycles. The van der Waals surface area contributed by atoms with Crippen LogP contribution in [0.4, 0.5) is 0 Å². The molecule has 0 spiro atoms. The second kappa shape index (κ2) is 2.88. The monoisotopic (exact) mass is 152 g/mol. The van der Waals surface area contributed by atoms with E-state index in [2.05, 4.69) is 0 Å². The lowest BCUT2D eigenvalue weighted by Gasteiger charge is -2.05. The molecule has 0 aliphatic carbocycles. The highest BCUT2D eigenvalue weighted by molar-refractivity contribution is 5.13. The maximum Gasteiger partial charge on any atom is 0.255 e. The lowest BCUT2D eigenvalue weighted by atomic mass is 10.1. The van der Waals surface area contributed by atoms with Crippen LogP contribution in [0.2, 0.25) is 0 Å². The molecule has 0 saturated carbocycles. The standard InChI is InChI=1S/C8H12N2O/c1-6(9)7-4-3-5-10(2)8(7)11/h3-6H,9H2,1-2H3/t6-/m1/s1. The lowest BCUT2D eigenvalue weighted by molar-refractivity contribution is 0.756. The third-order valence-electron chi connectivity index (χ3n) is 1.64. The highest BCUT2D eigenvalue weighted by Crippen LogP contribution is 2.00. The molecule has 1 aromatic rings. The van der Waals surface area contributed by atoms with Crippen molar-refractivity contribution in [3.63, 3.8) is 0 Å². The largest absolute Gasteiger partial charge is 0.324 e. The summed E-state index contributed by atoms with van der Waals surface area (Å²) in [5.41, 5.74) is 6.22. The van der Waals surface area contributed by atoms with E-state index in [0.717, 1.165) is 0 Å². The fourth-order valence-electron chi connectivity index (χ4n) is 0.965. The highest BCUT2D eigenvalue weighted by Gasteiger charge is 2.03. The molecule has 0 fully saturated rings. The van der Waals surface area contributed by atoms with Crippen molar-refractivity contribution in [2.45, 2.75) is 13.0 Å². The van der Waals surface area contributed by atoms with E-state index in [1.807, 2.05) is 6.07 Å². The Morgan fingerprint density at radius 1 is 1.64 bits per heavy atom. The molecule has 1 rings (SSSR count). The Morgan fingerprint density at radius 3 is 2.73 bits per heavy atom. The molecule has 11 heavy (non-hydrogen) atoms. The summed E-state index contributed by atoms with van der Waals surface area (Å²) in [4.78, 5) is 11.3. The van der Waals surface area contributed by atoms with Gasteiger partial charge in [-0.05, 0) is 13.0 Å². The number of nitrogens with two attached hydrogens (primary N) is 1. The van der Waals surface area contributed by atoms with Crippen molar-refractivity contribution in [1.82, 2.24) is 4.57 Å². The Morgan fingerprint density at radius 2 is 2.27 bits per heavy atom. The Kier molecular flexibility index (Phi) is 2.10. The number of hydrogen-bond donors (Lipinski definition) is 1. The molecule has 0 bridgehead atoms. The van der Waals surface area contributed by atoms with Crippen LogP contribution in [0, 0.1) is 0 Å². The van der Waals surface area contributed by atoms with Crippen molar-refractivity contribution in [2.24, 2.45) is 12.8 Å². The van der Waals surface area contributed by atoms with Gasteiger partial charge in [-0.3, -0.25) is 4.79 Å². The molecule has 1 heterocycles. The Bertz CT molecular complexity index is 301. The predicted octanol–water partition coefficient (Wildman–Crippen LogP) is 0.405. The van der Waals surface area contributed by atoms with E-state index < -0.39 is 0 Å². The Balaban J connectivity index is 3.28. The van der Waals surface area contributed by atoms with E-state index in [1.165, 1.54) is 4.57 Å². The van der Waals surface area contributed by atoms with Crippen molar-refractivity contribution in [2.75, 3.05) is 0 Å². The number of hydrogen-bond acceptors (Lipinski definition) is 2. The van der Waals surface area contributed by atoms with Gasteiger partial charge in [0.05, 0.1) is 0 Å². The topological polar surface area (TPSA) is 48.0 Å². The van der Waals surface area contributed by atoms with Gasteiger partial charge < -0.3 is 10.3 Å². The molecule has 0 aliphatic heterocycles. The first-order chi connectivity index (χ1) is 5.13. The molecule has 0 amide bonds. The number of pyridine rings is 1. The van der Waals surface area contributed by atoms with Crippen molar-refractivity contribution in [1.29, 1.82) is 0 Å². The van der Waals surface area contributed by atoms with Crippen LogP contribution in [0.5, 0.6) is 0 Å². The van der Waals surface area contributed by atoms with Crippen LogP contribution >= 0.6 is 0 Å². The van der Waals surface area contributed by atoms with Gasteiger partial charge in [0.2, 0.25) is 0 Å². The van der Waals surface area contributed by atoms with Gasteiger partial charge in [-0.2, -0.15) is 0 Å². The first-order valence-corrected chi connectivity index (χ1v) is 3.54. The van der Waals surface area contributed by atoms with Crippen molar-refractivity contribution >= 4 is 0 Å². The van der Waals surface area contributed by atoms with Crippen LogP contribution in [-0.2, 0) is 7.05 Å². The van der Waals surface area contributed by atoms with Crippen molar-refractivity contribution in [3.8, 4) is 0 Å². The third-order valence-corrected chi connectivity index (χ3v) is 1.64. The SMILES string of the molecule is C[C@@H](N)c1cccn(C)c1=O. The number of rotatable bonds is 1. The van der Waals surface area contributed by atoms with Crippen LogP contribution in [0.1, 0.15) is 18.5 Å². The van der Waals surface area contributed by atoms with Crippen molar-refractivity contribution < 1.29 is 0 Å². The minimum absolute atomic E-state index is 0.0116. The summed E-state index contributed by atoms with van der Waals surface area (Å²) >= 11 is 0. The fourth-order valence-corrected chi connectivity index (χ4v) is 0.965. The van der Waals surface area contributed by atoms with Gasteiger partial charge in [-0.15, -0.1) is 0 Å². The highest BCUT2D eigenvalue weighted by atomic mass is 16.1. The molecule has 2 N–H and O–H groups in total. The van der Waals surface area contributed by atoms with Crippen molar-refractivity contribution in [3.05, 3.63) is 34.2 Å². The van der Waals surface area contributed by atoms with E-state index >= 15 is 0 Å². The van der Waals surface area contributed by atoms with Gasteiger partial charge in [0.15, 0.2) is 0 Å². The van der Waals surface area contributed by atoms with E-state index in [-0.39, 0.29) is 11.6 Å². The average molecular weight is 152 g/mol. The lowest BCUT2D eigenvalue weighted by Crippen LogP contribution is -2.24. The predicted molar refractivity (Wildman–Crippen MR) is 44.3 cm³/mol. The van der Waals surface area contributed by atoms with Gasteiger partial charge in [-0.25, -0.2) is 0 Å². The maximum absolute atomic E-state index is 11.3. The van der Waals surface area contributed by atoms with Crippen LogP contribution in [0.3, 0.4) is 0 Å². The second-order valence-electron chi connectivity index (χ2n) is 2.67. The minimum atomic E-state index is -0.185. The minimum Gasteiger partial charge on any atom is -0.324 e. The van der Waals surface area contributed by atoms with Crippen LogP contribution in [0.25, 0.3) is 0 Å². The number of aryl methyl sites for hydroxylation is 1. The summed E-state index contributed by atoms with van der Waals surface area (Å²) in [6, 6.07) is 3.39. The molecule has 0 aromatic carbocycles. The van der Waals surface area contributed by atoms with Gasteiger partial charge in [0.1, 0.15) is 0 Å². The Hall–Kier alpha value is -1.09. The molecule has 1 aromatic heterocycles. The average Bonchev–Trinajstić information content (AvgIpc) is 1.94. The maximum atomic E-state index is 11.3.